The Morgan fingerprint density at radius 1 is 1.67 bits per heavy atom. The molecule has 6 heteroatoms. The third kappa shape index (κ3) is 3.32. The first-order chi connectivity index (χ1) is 6.99. The van der Waals surface area contributed by atoms with E-state index in [0.29, 0.717) is 12.2 Å². The monoisotopic (exact) mass is 343 g/mol. The second kappa shape index (κ2) is 5.49. The van der Waals surface area contributed by atoms with Crippen molar-refractivity contribution >= 4 is 47.2 Å². The number of alkyl halides is 1. The maximum atomic E-state index is 11.7. The number of carbonyl (C=O) groups is 2. The Bertz CT molecular complexity index is 266. The molecule has 0 aromatic carbocycles. The summed E-state index contributed by atoms with van der Waals surface area (Å²) in [5.74, 6) is -0.953. The van der Waals surface area contributed by atoms with E-state index in [1.165, 1.54) is 0 Å². The topological polar surface area (TPSA) is 55.4 Å². The number of carbonyl (C=O) groups excluding carboxylic acids is 2. The summed E-state index contributed by atoms with van der Waals surface area (Å²) in [5.41, 5.74) is 0. The minimum atomic E-state index is -0.719. The highest BCUT2D eigenvalue weighted by Crippen LogP contribution is 2.28. The van der Waals surface area contributed by atoms with Crippen LogP contribution >= 0.6 is 35.2 Å². The van der Waals surface area contributed by atoms with E-state index in [9.17, 15) is 9.59 Å². The van der Waals surface area contributed by atoms with Gasteiger partial charge >= 0.3 is 11.9 Å². The van der Waals surface area contributed by atoms with Crippen molar-refractivity contribution in [3.05, 3.63) is 0 Å². The average Bonchev–Trinajstić information content (AvgIpc) is 2.65. The number of rotatable bonds is 3. The predicted molar refractivity (Wildman–Crippen MR) is 68.1 cm³/mol. The first-order valence-corrected chi connectivity index (χ1v) is 6.51. The van der Waals surface area contributed by atoms with Crippen molar-refractivity contribution in [1.29, 1.82) is 0 Å². The second-order valence-corrected chi connectivity index (χ2v) is 5.83. The van der Waals surface area contributed by atoms with Crippen LogP contribution < -0.4 is 5.32 Å². The summed E-state index contributed by atoms with van der Waals surface area (Å²) in [5, 5.41) is 3.04. The average molecular weight is 343 g/mol. The number of esters is 2. The van der Waals surface area contributed by atoms with Gasteiger partial charge in [0.05, 0.1) is 5.92 Å². The van der Waals surface area contributed by atoms with Crippen LogP contribution in [0.25, 0.3) is 0 Å². The van der Waals surface area contributed by atoms with Gasteiger partial charge in [-0.2, -0.15) is 12.6 Å². The molecule has 0 radical (unpaired) electrons. The minimum absolute atomic E-state index is 0.348. The second-order valence-electron chi connectivity index (χ2n) is 3.62. The molecular weight excluding hydrogens is 329 g/mol. The van der Waals surface area contributed by atoms with E-state index >= 15 is 0 Å². The maximum Gasteiger partial charge on any atom is 0.344 e. The summed E-state index contributed by atoms with van der Waals surface area (Å²) >= 11 is 5.98. The van der Waals surface area contributed by atoms with Crippen molar-refractivity contribution in [3.8, 4) is 0 Å². The lowest BCUT2D eigenvalue weighted by molar-refractivity contribution is -0.163. The van der Waals surface area contributed by atoms with Gasteiger partial charge in [-0.05, 0) is 42.0 Å². The van der Waals surface area contributed by atoms with Crippen LogP contribution in [0.1, 0.15) is 19.8 Å². The molecule has 1 rings (SSSR count). The van der Waals surface area contributed by atoms with Gasteiger partial charge < -0.3 is 4.74 Å². The Labute approximate surface area is 108 Å². The number of thiol groups is 1. The van der Waals surface area contributed by atoms with Gasteiger partial charge in [-0.1, -0.05) is 6.92 Å². The standard InChI is InChI=1S/C9H14INO3S/c1-6(5-15)7(12)14-8(13)9(10)3-2-4-11-9/h6,11,15H,2-5H2,1H3/t6-,9+/m1/s1. The SMILES string of the molecule is C[C@H](CS)C(=O)OC(=O)[C@]1(I)CCCN1. The fourth-order valence-electron chi connectivity index (χ4n) is 1.23. The minimum Gasteiger partial charge on any atom is -0.391 e. The van der Waals surface area contributed by atoms with E-state index in [-0.39, 0.29) is 5.92 Å². The van der Waals surface area contributed by atoms with Crippen molar-refractivity contribution in [2.75, 3.05) is 12.3 Å². The van der Waals surface area contributed by atoms with E-state index < -0.39 is 15.5 Å². The molecule has 1 N–H and O–H groups in total. The first kappa shape index (κ1) is 13.2. The fraction of sp³-hybridized carbons (Fsp3) is 0.778. The quantitative estimate of drug-likeness (QED) is 0.202. The Kier molecular flexibility index (Phi) is 4.85. The largest absolute Gasteiger partial charge is 0.391 e. The van der Waals surface area contributed by atoms with Crippen molar-refractivity contribution in [2.24, 2.45) is 5.92 Å². The third-order valence-electron chi connectivity index (χ3n) is 2.30. The highest BCUT2D eigenvalue weighted by molar-refractivity contribution is 14.1. The molecule has 86 valence electrons. The van der Waals surface area contributed by atoms with Gasteiger partial charge in [-0.15, -0.1) is 0 Å². The maximum absolute atomic E-state index is 11.7. The van der Waals surface area contributed by atoms with Crippen molar-refractivity contribution < 1.29 is 14.3 Å². The number of halogens is 1. The first-order valence-electron chi connectivity index (χ1n) is 4.80. The molecule has 0 unspecified atom stereocenters. The molecule has 0 amide bonds. The summed E-state index contributed by atoms with van der Waals surface area (Å²) < 4.78 is 4.07. The van der Waals surface area contributed by atoms with E-state index in [0.717, 1.165) is 13.0 Å². The van der Waals surface area contributed by atoms with Crippen LogP contribution in [0.5, 0.6) is 0 Å². The van der Waals surface area contributed by atoms with Crippen molar-refractivity contribution in [1.82, 2.24) is 5.32 Å². The van der Waals surface area contributed by atoms with Crippen LogP contribution in [-0.2, 0) is 14.3 Å². The molecule has 15 heavy (non-hydrogen) atoms. The third-order valence-corrected chi connectivity index (χ3v) is 4.21. The predicted octanol–water partition coefficient (Wildman–Crippen LogP) is 1.14. The van der Waals surface area contributed by atoms with Crippen LogP contribution in [0.15, 0.2) is 0 Å². The normalized spacial score (nSPS) is 27.4. The number of ether oxygens (including phenoxy) is 1. The molecule has 0 spiro atoms. The molecule has 0 aromatic rings. The zero-order chi connectivity index (χ0) is 11.5. The highest BCUT2D eigenvalue weighted by Gasteiger charge is 2.41. The van der Waals surface area contributed by atoms with E-state index in [4.69, 9.17) is 4.74 Å². The molecule has 1 aliphatic rings. The smallest absolute Gasteiger partial charge is 0.344 e. The van der Waals surface area contributed by atoms with Crippen molar-refractivity contribution in [3.63, 3.8) is 0 Å². The van der Waals surface area contributed by atoms with Gasteiger partial charge in [0.25, 0.3) is 0 Å². The van der Waals surface area contributed by atoms with E-state index in [1.54, 1.807) is 6.92 Å². The summed E-state index contributed by atoms with van der Waals surface area (Å²) in [4.78, 5) is 23.0. The van der Waals surface area contributed by atoms with Crippen LogP contribution in [-0.4, -0.2) is 27.8 Å². The Balaban J connectivity index is 2.51. The van der Waals surface area contributed by atoms with Crippen LogP contribution in [0.3, 0.4) is 0 Å². The number of hydrogen-bond acceptors (Lipinski definition) is 5. The lowest BCUT2D eigenvalue weighted by Gasteiger charge is -2.19. The summed E-state index contributed by atoms with van der Waals surface area (Å²) in [6.45, 7) is 2.47. The van der Waals surface area contributed by atoms with Crippen LogP contribution in [0, 0.1) is 5.92 Å². The molecule has 0 aliphatic carbocycles. The van der Waals surface area contributed by atoms with Gasteiger partial charge in [-0.25, -0.2) is 4.79 Å². The van der Waals surface area contributed by atoms with Gasteiger partial charge in [0.15, 0.2) is 3.55 Å². The molecule has 0 bridgehead atoms. The highest BCUT2D eigenvalue weighted by atomic mass is 127. The zero-order valence-electron chi connectivity index (χ0n) is 8.46. The molecular formula is C9H14INO3S. The lowest BCUT2D eigenvalue weighted by atomic mass is 10.2. The van der Waals surface area contributed by atoms with Gasteiger partial charge in [0.1, 0.15) is 0 Å². The molecule has 2 atom stereocenters. The van der Waals surface area contributed by atoms with Crippen LogP contribution in [0.4, 0.5) is 0 Å². The van der Waals surface area contributed by atoms with E-state index in [2.05, 4.69) is 17.9 Å². The summed E-state index contributed by atoms with van der Waals surface area (Å²) in [6.07, 6.45) is 1.63. The molecule has 1 aliphatic heterocycles. The number of hydrogen-bond donors (Lipinski definition) is 2. The Morgan fingerprint density at radius 2 is 2.33 bits per heavy atom. The fourth-order valence-corrected chi connectivity index (χ4v) is 2.14. The van der Waals surface area contributed by atoms with Gasteiger partial charge in [0, 0.05) is 5.75 Å². The summed E-state index contributed by atoms with van der Waals surface area (Å²) in [7, 11) is 0. The molecule has 0 aromatic heterocycles. The molecule has 0 saturated carbocycles. The molecule has 1 fully saturated rings. The Morgan fingerprint density at radius 3 is 2.80 bits per heavy atom. The number of nitrogens with one attached hydrogen (secondary N) is 1. The lowest BCUT2D eigenvalue weighted by Crippen LogP contribution is -2.44. The molecule has 4 nitrogen and oxygen atoms in total. The van der Waals surface area contributed by atoms with Gasteiger partial charge in [0.2, 0.25) is 0 Å². The summed E-state index contributed by atoms with van der Waals surface area (Å²) in [6, 6.07) is 0. The van der Waals surface area contributed by atoms with Crippen molar-refractivity contribution in [2.45, 2.75) is 23.3 Å². The molecule has 1 heterocycles. The van der Waals surface area contributed by atoms with Gasteiger partial charge in [-0.3, -0.25) is 10.1 Å². The van der Waals surface area contributed by atoms with Crippen LogP contribution in [0.2, 0.25) is 0 Å². The zero-order valence-corrected chi connectivity index (χ0v) is 11.5. The Hall–Kier alpha value is 0.180. The molecule has 1 saturated heterocycles. The van der Waals surface area contributed by atoms with E-state index in [1.807, 2.05) is 22.6 Å².